The molecule has 0 radical (unpaired) electrons. The van der Waals surface area contributed by atoms with Crippen LogP contribution in [0.4, 0.5) is 0 Å². The number of ether oxygens (including phenoxy) is 1. The highest BCUT2D eigenvalue weighted by Gasteiger charge is 2.41. The van der Waals surface area contributed by atoms with Gasteiger partial charge >= 0.3 is 0 Å². The van der Waals surface area contributed by atoms with Crippen LogP contribution in [-0.4, -0.2) is 43.7 Å². The first-order valence-corrected chi connectivity index (χ1v) is 7.56. The number of hydrogen-bond acceptors (Lipinski definition) is 3. The summed E-state index contributed by atoms with van der Waals surface area (Å²) in [7, 11) is 1.68. The Bertz CT molecular complexity index is 278. The van der Waals surface area contributed by atoms with Gasteiger partial charge < -0.3 is 15.4 Å². The summed E-state index contributed by atoms with van der Waals surface area (Å²) in [5.41, 5.74) is 5.52. The van der Waals surface area contributed by atoms with Gasteiger partial charge in [-0.25, -0.2) is 0 Å². The molecule has 0 saturated heterocycles. The van der Waals surface area contributed by atoms with Crippen LogP contribution >= 0.6 is 0 Å². The van der Waals surface area contributed by atoms with Gasteiger partial charge in [-0.3, -0.25) is 4.79 Å². The van der Waals surface area contributed by atoms with Crippen molar-refractivity contribution < 1.29 is 9.53 Å². The van der Waals surface area contributed by atoms with Crippen LogP contribution in [0.15, 0.2) is 0 Å². The summed E-state index contributed by atoms with van der Waals surface area (Å²) in [5, 5.41) is 0. The quantitative estimate of drug-likeness (QED) is 0.697. The zero-order chi connectivity index (χ0) is 14.5. The second-order valence-electron chi connectivity index (χ2n) is 5.76. The number of methoxy groups -OCH3 is 1. The van der Waals surface area contributed by atoms with E-state index in [9.17, 15) is 4.79 Å². The lowest BCUT2D eigenvalue weighted by Crippen LogP contribution is -2.52. The van der Waals surface area contributed by atoms with Crippen molar-refractivity contribution in [2.24, 2.45) is 17.1 Å². The summed E-state index contributed by atoms with van der Waals surface area (Å²) < 4.78 is 5.16. The minimum atomic E-state index is -0.392. The predicted octanol–water partition coefficient (Wildman–Crippen LogP) is 2.02. The molecule has 0 bridgehead atoms. The second kappa shape index (κ2) is 7.25. The fourth-order valence-electron chi connectivity index (χ4n) is 2.75. The molecule has 0 heterocycles. The SMILES string of the molecule is CCC(CC)(CN)C(=O)N(CCOC)C(C)C1CC1. The topological polar surface area (TPSA) is 55.6 Å². The summed E-state index contributed by atoms with van der Waals surface area (Å²) in [6.45, 7) is 7.98. The number of carbonyl (C=O) groups excluding carboxylic acids is 1. The smallest absolute Gasteiger partial charge is 0.230 e. The first-order valence-electron chi connectivity index (χ1n) is 7.56. The van der Waals surface area contributed by atoms with Crippen LogP contribution in [0.5, 0.6) is 0 Å². The lowest BCUT2D eigenvalue weighted by Gasteiger charge is -2.38. The maximum Gasteiger partial charge on any atom is 0.230 e. The van der Waals surface area contributed by atoms with Crippen molar-refractivity contribution in [2.75, 3.05) is 26.8 Å². The number of nitrogens with zero attached hydrogens (tertiary/aromatic N) is 1. The van der Waals surface area contributed by atoms with Crippen molar-refractivity contribution in [2.45, 2.75) is 52.5 Å². The van der Waals surface area contributed by atoms with Crippen molar-refractivity contribution in [3.63, 3.8) is 0 Å². The molecule has 0 aromatic heterocycles. The van der Waals surface area contributed by atoms with Gasteiger partial charge in [0.25, 0.3) is 0 Å². The van der Waals surface area contributed by atoms with Crippen molar-refractivity contribution >= 4 is 5.91 Å². The highest BCUT2D eigenvalue weighted by Crippen LogP contribution is 2.37. The van der Waals surface area contributed by atoms with E-state index in [1.165, 1.54) is 12.8 Å². The molecule has 19 heavy (non-hydrogen) atoms. The molecule has 4 nitrogen and oxygen atoms in total. The minimum absolute atomic E-state index is 0.219. The van der Waals surface area contributed by atoms with Gasteiger partial charge in [0, 0.05) is 26.2 Å². The maximum absolute atomic E-state index is 12.9. The van der Waals surface area contributed by atoms with Crippen molar-refractivity contribution in [3.05, 3.63) is 0 Å². The third-order valence-corrected chi connectivity index (χ3v) is 4.79. The number of rotatable bonds is 9. The number of nitrogens with two attached hydrogens (primary N) is 1. The maximum atomic E-state index is 12.9. The molecule has 0 aliphatic heterocycles. The highest BCUT2D eigenvalue weighted by atomic mass is 16.5. The molecular weight excluding hydrogens is 240 g/mol. The van der Waals surface area contributed by atoms with Crippen LogP contribution in [0, 0.1) is 11.3 Å². The summed E-state index contributed by atoms with van der Waals surface area (Å²) in [6, 6.07) is 0.312. The third kappa shape index (κ3) is 3.69. The zero-order valence-electron chi connectivity index (χ0n) is 12.9. The lowest BCUT2D eigenvalue weighted by molar-refractivity contribution is -0.145. The van der Waals surface area contributed by atoms with Crippen molar-refractivity contribution in [1.82, 2.24) is 4.90 Å². The summed E-state index contributed by atoms with van der Waals surface area (Å²) in [6.07, 6.45) is 4.09. The Hall–Kier alpha value is -0.610. The molecule has 1 saturated carbocycles. The molecule has 112 valence electrons. The molecule has 1 aliphatic carbocycles. The standard InChI is InChI=1S/C15H30N2O2/c1-5-15(6-2,11-16)14(18)17(9-10-19-4)12(3)13-7-8-13/h12-13H,5-11,16H2,1-4H3. The average molecular weight is 270 g/mol. The Morgan fingerprint density at radius 3 is 2.37 bits per heavy atom. The van der Waals surface area contributed by atoms with E-state index in [0.29, 0.717) is 31.7 Å². The molecule has 1 aliphatic rings. The van der Waals surface area contributed by atoms with Gasteiger partial charge in [0.1, 0.15) is 0 Å². The molecule has 1 fully saturated rings. The Kier molecular flexibility index (Phi) is 6.27. The van der Waals surface area contributed by atoms with Crippen LogP contribution in [0.25, 0.3) is 0 Å². The van der Waals surface area contributed by atoms with Crippen LogP contribution in [-0.2, 0) is 9.53 Å². The first kappa shape index (κ1) is 16.4. The van der Waals surface area contributed by atoms with E-state index >= 15 is 0 Å². The van der Waals surface area contributed by atoms with Gasteiger partial charge in [0.05, 0.1) is 12.0 Å². The number of carbonyl (C=O) groups is 1. The number of amides is 1. The van der Waals surface area contributed by atoms with Crippen LogP contribution in [0.1, 0.15) is 46.5 Å². The molecule has 1 unspecified atom stereocenters. The molecule has 1 atom stereocenters. The largest absolute Gasteiger partial charge is 0.383 e. The minimum Gasteiger partial charge on any atom is -0.383 e. The Balaban J connectivity index is 2.84. The molecule has 4 heteroatoms. The van der Waals surface area contributed by atoms with Gasteiger partial charge in [-0.1, -0.05) is 13.8 Å². The van der Waals surface area contributed by atoms with Gasteiger partial charge in [-0.05, 0) is 38.5 Å². The monoisotopic (exact) mass is 270 g/mol. The fourth-order valence-corrected chi connectivity index (χ4v) is 2.75. The Morgan fingerprint density at radius 1 is 1.42 bits per heavy atom. The summed E-state index contributed by atoms with van der Waals surface area (Å²) in [4.78, 5) is 14.9. The molecule has 2 N–H and O–H groups in total. The first-order chi connectivity index (χ1) is 9.06. The van der Waals surface area contributed by atoms with Gasteiger partial charge in [-0.15, -0.1) is 0 Å². The predicted molar refractivity (Wildman–Crippen MR) is 77.8 cm³/mol. The van der Waals surface area contributed by atoms with E-state index in [1.54, 1.807) is 7.11 Å². The zero-order valence-corrected chi connectivity index (χ0v) is 12.9. The van der Waals surface area contributed by atoms with E-state index in [-0.39, 0.29) is 5.91 Å². The van der Waals surface area contributed by atoms with Crippen molar-refractivity contribution in [1.29, 1.82) is 0 Å². The van der Waals surface area contributed by atoms with E-state index in [4.69, 9.17) is 10.5 Å². The normalized spacial score (nSPS) is 17.3. The fraction of sp³-hybridized carbons (Fsp3) is 0.933. The summed E-state index contributed by atoms with van der Waals surface area (Å²) >= 11 is 0. The molecule has 0 aromatic carbocycles. The van der Waals surface area contributed by atoms with Crippen LogP contribution in [0.2, 0.25) is 0 Å². The van der Waals surface area contributed by atoms with Gasteiger partial charge in [-0.2, -0.15) is 0 Å². The van der Waals surface area contributed by atoms with Gasteiger partial charge in [0.15, 0.2) is 0 Å². The highest BCUT2D eigenvalue weighted by molar-refractivity contribution is 5.83. The molecule has 0 spiro atoms. The molecule has 1 rings (SSSR count). The van der Waals surface area contributed by atoms with Crippen LogP contribution < -0.4 is 5.73 Å². The van der Waals surface area contributed by atoms with E-state index in [0.717, 1.165) is 12.8 Å². The van der Waals surface area contributed by atoms with Gasteiger partial charge in [0.2, 0.25) is 5.91 Å². The lowest BCUT2D eigenvalue weighted by atomic mass is 9.80. The number of hydrogen-bond donors (Lipinski definition) is 1. The van der Waals surface area contributed by atoms with E-state index in [1.807, 2.05) is 4.90 Å². The Morgan fingerprint density at radius 2 is 2.00 bits per heavy atom. The van der Waals surface area contributed by atoms with Crippen molar-refractivity contribution in [3.8, 4) is 0 Å². The summed E-state index contributed by atoms with van der Waals surface area (Å²) in [5.74, 6) is 0.890. The average Bonchev–Trinajstić information content (AvgIpc) is 3.26. The molecule has 1 amide bonds. The molecule has 0 aromatic rings. The Labute approximate surface area is 117 Å². The third-order valence-electron chi connectivity index (χ3n) is 4.79. The molecular formula is C15H30N2O2. The van der Waals surface area contributed by atoms with Crippen LogP contribution in [0.3, 0.4) is 0 Å². The van der Waals surface area contributed by atoms with E-state index < -0.39 is 5.41 Å². The second-order valence-corrected chi connectivity index (χ2v) is 5.76. The van der Waals surface area contributed by atoms with E-state index in [2.05, 4.69) is 20.8 Å².